The molecule has 1 N–H and O–H groups in total. The maximum Gasteiger partial charge on any atom is 0.200 e. The van der Waals surface area contributed by atoms with Crippen LogP contribution in [0.15, 0.2) is 0 Å². The van der Waals surface area contributed by atoms with Gasteiger partial charge in [-0.3, -0.25) is 0 Å². The summed E-state index contributed by atoms with van der Waals surface area (Å²) >= 11 is 0. The van der Waals surface area contributed by atoms with Gasteiger partial charge in [0.1, 0.15) is 5.69 Å². The fourth-order valence-electron chi connectivity index (χ4n) is 4.01. The first-order chi connectivity index (χ1) is 15.2. The van der Waals surface area contributed by atoms with Crippen molar-refractivity contribution in [3.63, 3.8) is 0 Å². The Hall–Kier alpha value is -1.41. The zero-order valence-corrected chi connectivity index (χ0v) is 19.8. The predicted octanol–water partition coefficient (Wildman–Crippen LogP) is 7.73. The third kappa shape index (κ3) is 8.18. The minimum atomic E-state index is -2.16. The molecule has 3 nitrogen and oxygen atoms in total. The molecule has 0 fully saturated rings. The molecule has 0 aliphatic carbocycles. The number of hydrogen-bond acceptors (Lipinski definition) is 3. The SMILES string of the molecule is CCCCCCCCC(CCCNc1c(F)c(F)c(F)c(F)c1F)C(C)(OCC)OCC. The van der Waals surface area contributed by atoms with Crippen molar-refractivity contribution >= 4 is 5.69 Å². The van der Waals surface area contributed by atoms with Gasteiger partial charge in [-0.15, -0.1) is 0 Å². The van der Waals surface area contributed by atoms with E-state index in [4.69, 9.17) is 9.47 Å². The first-order valence-corrected chi connectivity index (χ1v) is 11.8. The maximum atomic E-state index is 13.8. The van der Waals surface area contributed by atoms with Crippen LogP contribution < -0.4 is 5.32 Å². The summed E-state index contributed by atoms with van der Waals surface area (Å²) in [5.74, 6) is -10.5. The van der Waals surface area contributed by atoms with Crippen molar-refractivity contribution in [2.24, 2.45) is 5.92 Å². The van der Waals surface area contributed by atoms with Gasteiger partial charge < -0.3 is 14.8 Å². The molecule has 0 aliphatic rings. The molecule has 0 heterocycles. The van der Waals surface area contributed by atoms with Crippen LogP contribution in [0.5, 0.6) is 0 Å². The van der Waals surface area contributed by atoms with Crippen LogP contribution in [0.1, 0.15) is 85.5 Å². The van der Waals surface area contributed by atoms with E-state index in [2.05, 4.69) is 12.2 Å². The van der Waals surface area contributed by atoms with Gasteiger partial charge in [-0.25, -0.2) is 22.0 Å². The van der Waals surface area contributed by atoms with Gasteiger partial charge in [0.2, 0.25) is 5.82 Å². The number of rotatable bonds is 17. The average Bonchev–Trinajstić information content (AvgIpc) is 2.76. The Morgan fingerprint density at radius 3 is 1.69 bits per heavy atom. The van der Waals surface area contributed by atoms with Crippen molar-refractivity contribution in [2.45, 2.75) is 91.3 Å². The third-order valence-electron chi connectivity index (χ3n) is 5.75. The van der Waals surface area contributed by atoms with Crippen molar-refractivity contribution in [1.82, 2.24) is 0 Å². The molecule has 0 aromatic heterocycles. The molecule has 186 valence electrons. The summed E-state index contributed by atoms with van der Waals surface area (Å²) in [4.78, 5) is 0. The van der Waals surface area contributed by atoms with Gasteiger partial charge in [0.05, 0.1) is 0 Å². The van der Waals surface area contributed by atoms with Gasteiger partial charge in [-0.05, 0) is 40.0 Å². The monoisotopic (exact) mass is 467 g/mol. The summed E-state index contributed by atoms with van der Waals surface area (Å²) in [6, 6.07) is 0. The lowest BCUT2D eigenvalue weighted by molar-refractivity contribution is -0.254. The van der Waals surface area contributed by atoms with Crippen LogP contribution >= 0.6 is 0 Å². The van der Waals surface area contributed by atoms with Crippen LogP contribution in [-0.4, -0.2) is 25.5 Å². The van der Waals surface area contributed by atoms with Gasteiger partial charge >= 0.3 is 0 Å². The fourth-order valence-corrected chi connectivity index (χ4v) is 4.01. The highest BCUT2D eigenvalue weighted by molar-refractivity contribution is 5.47. The van der Waals surface area contributed by atoms with Crippen LogP contribution in [0.4, 0.5) is 27.6 Å². The second kappa shape index (κ2) is 14.7. The molecule has 1 rings (SSSR count). The molecule has 1 unspecified atom stereocenters. The van der Waals surface area contributed by atoms with E-state index in [9.17, 15) is 22.0 Å². The van der Waals surface area contributed by atoms with Crippen molar-refractivity contribution in [3.05, 3.63) is 29.1 Å². The second-order valence-corrected chi connectivity index (χ2v) is 8.15. The maximum absolute atomic E-state index is 13.8. The normalized spacial score (nSPS) is 12.9. The zero-order chi connectivity index (χ0) is 24.1. The lowest BCUT2D eigenvalue weighted by atomic mass is 9.88. The highest BCUT2D eigenvalue weighted by Crippen LogP contribution is 2.33. The van der Waals surface area contributed by atoms with Crippen molar-refractivity contribution in [1.29, 1.82) is 0 Å². The Balaban J connectivity index is 2.75. The largest absolute Gasteiger partial charge is 0.380 e. The average molecular weight is 468 g/mol. The van der Waals surface area contributed by atoms with E-state index < -0.39 is 40.6 Å². The molecule has 0 radical (unpaired) electrons. The van der Waals surface area contributed by atoms with Gasteiger partial charge in [-0.1, -0.05) is 45.4 Å². The molecule has 0 saturated heterocycles. The highest BCUT2D eigenvalue weighted by atomic mass is 19.2. The molecule has 1 aromatic rings. The number of unbranched alkanes of at least 4 members (excludes halogenated alkanes) is 5. The standard InChI is InChI=1S/C24H38F5NO2/c1-5-8-9-10-11-12-14-17(24(4,31-6-2)32-7-3)15-13-16-30-23-21(28)19(26)18(25)20(27)22(23)29/h17,30H,5-16H2,1-4H3. The van der Waals surface area contributed by atoms with Gasteiger partial charge in [0.25, 0.3) is 0 Å². The van der Waals surface area contributed by atoms with E-state index in [1.54, 1.807) is 0 Å². The van der Waals surface area contributed by atoms with Gasteiger partial charge in [0.15, 0.2) is 29.1 Å². The predicted molar refractivity (Wildman–Crippen MR) is 117 cm³/mol. The Morgan fingerprint density at radius 2 is 1.16 bits per heavy atom. The number of anilines is 1. The Bertz CT molecular complexity index is 652. The van der Waals surface area contributed by atoms with E-state index in [-0.39, 0.29) is 12.5 Å². The molecule has 1 atom stereocenters. The quantitative estimate of drug-likeness (QED) is 0.0836. The number of hydrogen-bond donors (Lipinski definition) is 1. The third-order valence-corrected chi connectivity index (χ3v) is 5.75. The lowest BCUT2D eigenvalue weighted by Gasteiger charge is -2.37. The van der Waals surface area contributed by atoms with Gasteiger partial charge in [0, 0.05) is 25.7 Å². The molecule has 0 aliphatic heterocycles. The summed E-state index contributed by atoms with van der Waals surface area (Å²) in [5.41, 5.74) is -0.994. The summed E-state index contributed by atoms with van der Waals surface area (Å²) < 4.78 is 79.5. The first-order valence-electron chi connectivity index (χ1n) is 11.8. The van der Waals surface area contributed by atoms with E-state index in [0.717, 1.165) is 19.3 Å². The molecule has 8 heteroatoms. The molecular formula is C24H38F5NO2. The van der Waals surface area contributed by atoms with Crippen molar-refractivity contribution in [2.75, 3.05) is 25.1 Å². The van der Waals surface area contributed by atoms with Crippen LogP contribution in [0.3, 0.4) is 0 Å². The molecule has 32 heavy (non-hydrogen) atoms. The van der Waals surface area contributed by atoms with Crippen LogP contribution in [0.25, 0.3) is 0 Å². The zero-order valence-electron chi connectivity index (χ0n) is 19.8. The van der Waals surface area contributed by atoms with Crippen molar-refractivity contribution in [3.8, 4) is 0 Å². The van der Waals surface area contributed by atoms with Gasteiger partial charge in [-0.2, -0.15) is 0 Å². The molecule has 0 saturated carbocycles. The summed E-state index contributed by atoms with van der Waals surface area (Å²) in [7, 11) is 0. The summed E-state index contributed by atoms with van der Waals surface area (Å²) in [5, 5.41) is 2.37. The minimum Gasteiger partial charge on any atom is -0.380 e. The fraction of sp³-hybridized carbons (Fsp3) is 0.750. The minimum absolute atomic E-state index is 0.0340. The number of ether oxygens (including phenoxy) is 2. The summed E-state index contributed by atoms with van der Waals surface area (Å²) in [6.45, 7) is 8.87. The highest BCUT2D eigenvalue weighted by Gasteiger charge is 2.35. The van der Waals surface area contributed by atoms with E-state index in [1.807, 2.05) is 20.8 Å². The van der Waals surface area contributed by atoms with Crippen LogP contribution in [-0.2, 0) is 9.47 Å². The Morgan fingerprint density at radius 1 is 0.688 bits per heavy atom. The summed E-state index contributed by atoms with van der Waals surface area (Å²) in [6.07, 6.45) is 8.84. The molecule has 0 amide bonds. The van der Waals surface area contributed by atoms with E-state index in [0.29, 0.717) is 26.1 Å². The Kier molecular flexibility index (Phi) is 13.1. The second-order valence-electron chi connectivity index (χ2n) is 8.15. The Labute approximate surface area is 189 Å². The van der Waals surface area contributed by atoms with Crippen LogP contribution in [0.2, 0.25) is 0 Å². The number of nitrogens with one attached hydrogen (secondary N) is 1. The first kappa shape index (κ1) is 28.6. The number of halogens is 5. The number of benzene rings is 1. The smallest absolute Gasteiger partial charge is 0.200 e. The molecule has 0 bridgehead atoms. The van der Waals surface area contributed by atoms with E-state index in [1.165, 1.54) is 25.7 Å². The van der Waals surface area contributed by atoms with Crippen LogP contribution in [0, 0.1) is 35.0 Å². The van der Waals surface area contributed by atoms with E-state index >= 15 is 0 Å². The molecular weight excluding hydrogens is 429 g/mol. The van der Waals surface area contributed by atoms with Crippen molar-refractivity contribution < 1.29 is 31.4 Å². The molecule has 1 aromatic carbocycles. The molecule has 0 spiro atoms. The lowest BCUT2D eigenvalue weighted by Crippen LogP contribution is -2.41. The topological polar surface area (TPSA) is 30.5 Å².